The Hall–Kier alpha value is -2.21. The number of benzene rings is 1. The van der Waals surface area contributed by atoms with Crippen LogP contribution in [0.2, 0.25) is 0 Å². The lowest BCUT2D eigenvalue weighted by Crippen LogP contribution is -2.06. The number of aliphatic carboxylic acids is 1. The monoisotopic (exact) mass is 262 g/mol. The lowest BCUT2D eigenvalue weighted by atomic mass is 10.1. The zero-order chi connectivity index (χ0) is 13.5. The van der Waals surface area contributed by atoms with Crippen LogP contribution in [0.25, 0.3) is 0 Å². The highest BCUT2D eigenvalue weighted by Crippen LogP contribution is 2.05. The van der Waals surface area contributed by atoms with Crippen LogP contribution in [-0.4, -0.2) is 27.8 Å². The molecule has 1 heterocycles. The van der Waals surface area contributed by atoms with Gasteiger partial charge in [-0.15, -0.1) is 0 Å². The van der Waals surface area contributed by atoms with Crippen molar-refractivity contribution in [3.8, 4) is 0 Å². The lowest BCUT2D eigenvalue weighted by molar-refractivity contribution is -0.142. The van der Waals surface area contributed by atoms with Crippen LogP contribution in [0, 0.1) is 0 Å². The van der Waals surface area contributed by atoms with Crippen molar-refractivity contribution in [2.24, 2.45) is 0 Å². The zero-order valence-corrected chi connectivity index (χ0v) is 10.3. The van der Waals surface area contributed by atoms with Crippen LogP contribution >= 0.6 is 0 Å². The summed E-state index contributed by atoms with van der Waals surface area (Å²) < 4.78 is 9.82. The molecule has 0 amide bonds. The summed E-state index contributed by atoms with van der Waals surface area (Å²) in [6.45, 7) is -0.355. The molecule has 0 unspecified atom stereocenters. The summed E-state index contributed by atoms with van der Waals surface area (Å²) in [5.74, 6) is -0.133. The van der Waals surface area contributed by atoms with E-state index in [0.29, 0.717) is 18.1 Å². The highest BCUT2D eigenvalue weighted by atomic mass is 16.5. The number of carbonyl (C=O) groups is 1. The second-order valence-corrected chi connectivity index (χ2v) is 3.98. The quantitative estimate of drug-likeness (QED) is 0.813. The summed E-state index contributed by atoms with van der Waals surface area (Å²) in [4.78, 5) is 14.4. The first kappa shape index (κ1) is 13.2. The largest absolute Gasteiger partial charge is 0.480 e. The van der Waals surface area contributed by atoms with Crippen LogP contribution in [0.4, 0.5) is 0 Å². The molecule has 0 fully saturated rings. The maximum absolute atomic E-state index is 10.3. The zero-order valence-electron chi connectivity index (χ0n) is 10.3. The number of carboxylic acid groups (broad SMARTS) is 1. The Bertz CT molecular complexity index is 524. The number of nitrogens with zero attached hydrogens (tertiary/aromatic N) is 2. The molecule has 0 radical (unpaired) electrons. The van der Waals surface area contributed by atoms with E-state index in [2.05, 4.69) is 10.1 Å². The van der Waals surface area contributed by atoms with Crippen molar-refractivity contribution < 1.29 is 19.2 Å². The standard InChI is InChI=1S/C13H14N2O4/c16-13(17)9-18-8-12-14-11(15-19-12)7-6-10-4-2-1-3-5-10/h1-5H,6-9H2,(H,16,17). The van der Waals surface area contributed by atoms with E-state index in [1.807, 2.05) is 30.3 Å². The summed E-state index contributed by atoms with van der Waals surface area (Å²) in [5, 5.41) is 12.2. The lowest BCUT2D eigenvalue weighted by Gasteiger charge is -1.96. The maximum atomic E-state index is 10.3. The summed E-state index contributed by atoms with van der Waals surface area (Å²) >= 11 is 0. The summed E-state index contributed by atoms with van der Waals surface area (Å²) in [6.07, 6.45) is 1.50. The summed E-state index contributed by atoms with van der Waals surface area (Å²) in [6, 6.07) is 10.0. The van der Waals surface area contributed by atoms with E-state index in [1.165, 1.54) is 5.56 Å². The van der Waals surface area contributed by atoms with Crippen LogP contribution in [0.1, 0.15) is 17.3 Å². The Morgan fingerprint density at radius 3 is 2.79 bits per heavy atom. The fraction of sp³-hybridized carbons (Fsp3) is 0.308. The van der Waals surface area contributed by atoms with Crippen molar-refractivity contribution in [1.82, 2.24) is 10.1 Å². The van der Waals surface area contributed by atoms with Crippen molar-refractivity contribution in [3.63, 3.8) is 0 Å². The van der Waals surface area contributed by atoms with Gasteiger partial charge in [-0.2, -0.15) is 4.98 Å². The average molecular weight is 262 g/mol. The van der Waals surface area contributed by atoms with Gasteiger partial charge in [-0.25, -0.2) is 4.79 Å². The Morgan fingerprint density at radius 1 is 1.26 bits per heavy atom. The summed E-state index contributed by atoms with van der Waals surface area (Å²) in [7, 11) is 0. The van der Waals surface area contributed by atoms with E-state index in [4.69, 9.17) is 14.4 Å². The van der Waals surface area contributed by atoms with E-state index in [1.54, 1.807) is 0 Å². The second-order valence-electron chi connectivity index (χ2n) is 3.98. The molecule has 1 aromatic carbocycles. The molecule has 0 atom stereocenters. The third-order valence-corrected chi connectivity index (χ3v) is 2.44. The van der Waals surface area contributed by atoms with E-state index in [0.717, 1.165) is 6.42 Å². The van der Waals surface area contributed by atoms with Gasteiger partial charge in [0.25, 0.3) is 5.89 Å². The molecule has 2 rings (SSSR count). The average Bonchev–Trinajstić information content (AvgIpc) is 2.85. The molecule has 0 aliphatic rings. The normalized spacial score (nSPS) is 10.5. The smallest absolute Gasteiger partial charge is 0.329 e. The van der Waals surface area contributed by atoms with Crippen LogP contribution in [0.5, 0.6) is 0 Å². The predicted octanol–water partition coefficient (Wildman–Crippen LogP) is 1.46. The van der Waals surface area contributed by atoms with E-state index < -0.39 is 5.97 Å². The minimum Gasteiger partial charge on any atom is -0.480 e. The molecule has 6 nitrogen and oxygen atoms in total. The molecule has 6 heteroatoms. The fourth-order valence-electron chi connectivity index (χ4n) is 1.58. The van der Waals surface area contributed by atoms with Gasteiger partial charge in [0, 0.05) is 6.42 Å². The Kier molecular flexibility index (Phi) is 4.63. The Labute approximate surface area is 110 Å². The Morgan fingerprint density at radius 2 is 2.05 bits per heavy atom. The summed E-state index contributed by atoms with van der Waals surface area (Å²) in [5.41, 5.74) is 1.20. The molecule has 19 heavy (non-hydrogen) atoms. The number of ether oxygens (including phenoxy) is 1. The molecule has 0 aliphatic heterocycles. The molecule has 0 aliphatic carbocycles. The van der Waals surface area contributed by atoms with Gasteiger partial charge in [0.2, 0.25) is 0 Å². The van der Waals surface area contributed by atoms with E-state index in [9.17, 15) is 4.79 Å². The van der Waals surface area contributed by atoms with Gasteiger partial charge < -0.3 is 14.4 Å². The van der Waals surface area contributed by atoms with Crippen molar-refractivity contribution in [2.75, 3.05) is 6.61 Å². The van der Waals surface area contributed by atoms with E-state index >= 15 is 0 Å². The number of aryl methyl sites for hydroxylation is 2. The SMILES string of the molecule is O=C(O)COCc1nc(CCc2ccccc2)no1. The van der Waals surface area contributed by atoms with E-state index in [-0.39, 0.29) is 13.2 Å². The van der Waals surface area contributed by atoms with Gasteiger partial charge in [0.05, 0.1) is 0 Å². The minimum absolute atomic E-state index is 0.0185. The van der Waals surface area contributed by atoms with Crippen molar-refractivity contribution in [1.29, 1.82) is 0 Å². The van der Waals surface area contributed by atoms with Gasteiger partial charge >= 0.3 is 5.97 Å². The molecule has 1 aromatic heterocycles. The number of carboxylic acids is 1. The van der Waals surface area contributed by atoms with Gasteiger partial charge in [0.1, 0.15) is 13.2 Å². The Balaban J connectivity index is 1.79. The van der Waals surface area contributed by atoms with Crippen LogP contribution in [-0.2, 0) is 29.0 Å². The van der Waals surface area contributed by atoms with Crippen molar-refractivity contribution in [2.45, 2.75) is 19.4 Å². The maximum Gasteiger partial charge on any atom is 0.329 e. The molecule has 0 bridgehead atoms. The van der Waals surface area contributed by atoms with Gasteiger partial charge in [-0.3, -0.25) is 0 Å². The molecule has 1 N–H and O–H groups in total. The molecule has 0 saturated heterocycles. The first-order valence-corrected chi connectivity index (χ1v) is 5.89. The second kappa shape index (κ2) is 6.65. The predicted molar refractivity (Wildman–Crippen MR) is 65.4 cm³/mol. The highest BCUT2D eigenvalue weighted by Gasteiger charge is 2.07. The third-order valence-electron chi connectivity index (χ3n) is 2.44. The van der Waals surface area contributed by atoms with Crippen LogP contribution < -0.4 is 0 Å². The van der Waals surface area contributed by atoms with Gasteiger partial charge in [-0.05, 0) is 12.0 Å². The molecular formula is C13H14N2O4. The number of hydrogen-bond donors (Lipinski definition) is 1. The van der Waals surface area contributed by atoms with Crippen molar-refractivity contribution in [3.05, 3.63) is 47.6 Å². The minimum atomic E-state index is -1.02. The fourth-order valence-corrected chi connectivity index (χ4v) is 1.58. The first-order chi connectivity index (χ1) is 9.24. The number of rotatable bonds is 7. The highest BCUT2D eigenvalue weighted by molar-refractivity contribution is 5.67. The molecular weight excluding hydrogens is 248 g/mol. The number of aromatic nitrogens is 2. The van der Waals surface area contributed by atoms with Gasteiger partial charge in [0.15, 0.2) is 5.82 Å². The first-order valence-electron chi connectivity index (χ1n) is 5.89. The van der Waals surface area contributed by atoms with Gasteiger partial charge in [-0.1, -0.05) is 35.5 Å². The third kappa shape index (κ3) is 4.51. The van der Waals surface area contributed by atoms with Crippen LogP contribution in [0.3, 0.4) is 0 Å². The number of hydrogen-bond acceptors (Lipinski definition) is 5. The molecule has 100 valence electrons. The topological polar surface area (TPSA) is 85.5 Å². The molecule has 0 spiro atoms. The molecule has 2 aromatic rings. The van der Waals surface area contributed by atoms with Crippen LogP contribution in [0.15, 0.2) is 34.9 Å². The van der Waals surface area contributed by atoms with Crippen molar-refractivity contribution >= 4 is 5.97 Å². The molecule has 0 saturated carbocycles.